The zero-order valence-corrected chi connectivity index (χ0v) is 7.36. The molecule has 0 radical (unpaired) electrons. The quantitative estimate of drug-likeness (QED) is 0.607. The van der Waals surface area contributed by atoms with Gasteiger partial charge in [-0.15, -0.1) is 0 Å². The van der Waals surface area contributed by atoms with E-state index in [0.29, 0.717) is 0 Å². The molecular weight excluding hydrogens is 176 g/mol. The van der Waals surface area contributed by atoms with E-state index in [2.05, 4.69) is 20.2 Å². The maximum absolute atomic E-state index is 4.28. The summed E-state index contributed by atoms with van der Waals surface area (Å²) in [7, 11) is 0. The summed E-state index contributed by atoms with van der Waals surface area (Å²) in [5, 5.41) is 6.72. The maximum Gasteiger partial charge on any atom is 0.0961 e. The fraction of sp³-hybridized carbons (Fsp3) is 0. The lowest BCUT2D eigenvalue weighted by atomic mass is 10.1. The third-order valence-corrected chi connectivity index (χ3v) is 2.26. The molecule has 4 heteroatoms. The lowest BCUT2D eigenvalue weighted by Crippen LogP contribution is -1.77. The average molecular weight is 184 g/mol. The molecule has 4 nitrogen and oxygen atoms in total. The monoisotopic (exact) mass is 184 g/mol. The molecule has 0 saturated carbocycles. The lowest BCUT2D eigenvalue weighted by molar-refractivity contribution is 1.09. The molecule has 2 heterocycles. The SMILES string of the molecule is c1cc(-c2cn[nH]c2)c2nc[nH]c2c1. The van der Waals surface area contributed by atoms with E-state index in [-0.39, 0.29) is 0 Å². The van der Waals surface area contributed by atoms with Crippen LogP contribution in [0.4, 0.5) is 0 Å². The highest BCUT2D eigenvalue weighted by atomic mass is 15.1. The molecule has 2 aromatic heterocycles. The molecule has 68 valence electrons. The van der Waals surface area contributed by atoms with Crippen LogP contribution in [0, 0.1) is 0 Å². The summed E-state index contributed by atoms with van der Waals surface area (Å²) in [6, 6.07) is 6.04. The molecule has 0 fully saturated rings. The van der Waals surface area contributed by atoms with Crippen molar-refractivity contribution in [2.24, 2.45) is 0 Å². The van der Waals surface area contributed by atoms with E-state index in [1.807, 2.05) is 24.4 Å². The molecule has 3 aromatic rings. The fourth-order valence-electron chi connectivity index (χ4n) is 1.60. The molecule has 0 aliphatic rings. The summed E-state index contributed by atoms with van der Waals surface area (Å²) in [6.45, 7) is 0. The van der Waals surface area contributed by atoms with Crippen LogP contribution in [0.5, 0.6) is 0 Å². The number of para-hydroxylation sites is 1. The van der Waals surface area contributed by atoms with Crippen LogP contribution in [0.2, 0.25) is 0 Å². The first-order valence-corrected chi connectivity index (χ1v) is 4.36. The van der Waals surface area contributed by atoms with Gasteiger partial charge in [-0.2, -0.15) is 5.10 Å². The molecule has 0 spiro atoms. The number of H-pyrrole nitrogens is 2. The Labute approximate surface area is 80.0 Å². The lowest BCUT2D eigenvalue weighted by Gasteiger charge is -1.97. The predicted molar refractivity (Wildman–Crippen MR) is 53.7 cm³/mol. The van der Waals surface area contributed by atoms with Gasteiger partial charge in [-0.25, -0.2) is 4.98 Å². The zero-order chi connectivity index (χ0) is 9.38. The average Bonchev–Trinajstić information content (AvgIpc) is 2.88. The highest BCUT2D eigenvalue weighted by Gasteiger charge is 2.05. The van der Waals surface area contributed by atoms with Gasteiger partial charge in [0.15, 0.2) is 0 Å². The van der Waals surface area contributed by atoms with Crippen molar-refractivity contribution in [3.8, 4) is 11.1 Å². The van der Waals surface area contributed by atoms with Gasteiger partial charge in [-0.3, -0.25) is 5.10 Å². The van der Waals surface area contributed by atoms with Gasteiger partial charge in [0.05, 0.1) is 23.6 Å². The minimum absolute atomic E-state index is 0.980. The Hall–Kier alpha value is -2.10. The maximum atomic E-state index is 4.28. The Morgan fingerprint density at radius 3 is 3.07 bits per heavy atom. The second-order valence-corrected chi connectivity index (χ2v) is 3.09. The first-order valence-electron chi connectivity index (χ1n) is 4.36. The molecule has 0 saturated heterocycles. The van der Waals surface area contributed by atoms with Crippen molar-refractivity contribution in [2.75, 3.05) is 0 Å². The number of nitrogens with zero attached hydrogens (tertiary/aromatic N) is 2. The van der Waals surface area contributed by atoms with Crippen LogP contribution in [0.1, 0.15) is 0 Å². The Morgan fingerprint density at radius 1 is 1.21 bits per heavy atom. The third kappa shape index (κ3) is 0.939. The van der Waals surface area contributed by atoms with Gasteiger partial charge in [0.1, 0.15) is 0 Å². The van der Waals surface area contributed by atoms with Gasteiger partial charge in [-0.1, -0.05) is 12.1 Å². The summed E-state index contributed by atoms with van der Waals surface area (Å²) in [4.78, 5) is 7.36. The molecule has 14 heavy (non-hydrogen) atoms. The minimum atomic E-state index is 0.980. The van der Waals surface area contributed by atoms with Crippen LogP contribution in [0.15, 0.2) is 36.9 Å². The van der Waals surface area contributed by atoms with Gasteiger partial charge in [0, 0.05) is 17.3 Å². The Kier molecular flexibility index (Phi) is 1.41. The summed E-state index contributed by atoms with van der Waals surface area (Å²) in [5.41, 5.74) is 4.18. The third-order valence-electron chi connectivity index (χ3n) is 2.26. The van der Waals surface area contributed by atoms with Crippen molar-refractivity contribution in [1.29, 1.82) is 0 Å². The number of aromatic amines is 2. The molecule has 2 N–H and O–H groups in total. The summed E-state index contributed by atoms with van der Waals surface area (Å²) in [5.74, 6) is 0. The van der Waals surface area contributed by atoms with Crippen LogP contribution in [-0.4, -0.2) is 20.2 Å². The molecule has 1 aromatic carbocycles. The van der Waals surface area contributed by atoms with E-state index in [0.717, 1.165) is 22.2 Å². The summed E-state index contributed by atoms with van der Waals surface area (Å²) < 4.78 is 0. The van der Waals surface area contributed by atoms with Crippen molar-refractivity contribution < 1.29 is 0 Å². The number of fused-ring (bicyclic) bond motifs is 1. The van der Waals surface area contributed by atoms with Gasteiger partial charge in [0.25, 0.3) is 0 Å². The second kappa shape index (κ2) is 2.70. The Balaban J connectivity index is 2.36. The van der Waals surface area contributed by atoms with Crippen molar-refractivity contribution in [1.82, 2.24) is 20.2 Å². The molecule has 0 atom stereocenters. The normalized spacial score (nSPS) is 10.9. The molecule has 0 aliphatic carbocycles. The van der Waals surface area contributed by atoms with E-state index in [1.54, 1.807) is 12.5 Å². The number of aromatic nitrogens is 4. The first-order chi connectivity index (χ1) is 6.95. The van der Waals surface area contributed by atoms with Crippen molar-refractivity contribution >= 4 is 11.0 Å². The largest absolute Gasteiger partial charge is 0.345 e. The fourth-order valence-corrected chi connectivity index (χ4v) is 1.60. The molecule has 0 aliphatic heterocycles. The predicted octanol–water partition coefficient (Wildman–Crippen LogP) is 1.95. The number of nitrogens with one attached hydrogen (secondary N) is 2. The molecule has 0 bridgehead atoms. The second-order valence-electron chi connectivity index (χ2n) is 3.09. The molecule has 3 rings (SSSR count). The van der Waals surface area contributed by atoms with Crippen LogP contribution < -0.4 is 0 Å². The highest BCUT2D eigenvalue weighted by molar-refractivity contribution is 5.91. The van der Waals surface area contributed by atoms with Crippen LogP contribution >= 0.6 is 0 Å². The van der Waals surface area contributed by atoms with E-state index in [4.69, 9.17) is 0 Å². The van der Waals surface area contributed by atoms with Crippen molar-refractivity contribution in [2.45, 2.75) is 0 Å². The number of imidazole rings is 1. The van der Waals surface area contributed by atoms with Crippen LogP contribution in [0.3, 0.4) is 0 Å². The minimum Gasteiger partial charge on any atom is -0.345 e. The van der Waals surface area contributed by atoms with Crippen LogP contribution in [0.25, 0.3) is 22.2 Å². The van der Waals surface area contributed by atoms with Crippen LogP contribution in [-0.2, 0) is 0 Å². The highest BCUT2D eigenvalue weighted by Crippen LogP contribution is 2.24. The topological polar surface area (TPSA) is 57.4 Å². The number of hydrogen-bond acceptors (Lipinski definition) is 2. The first kappa shape index (κ1) is 7.32. The van der Waals surface area contributed by atoms with Crippen molar-refractivity contribution in [3.63, 3.8) is 0 Å². The summed E-state index contributed by atoms with van der Waals surface area (Å²) >= 11 is 0. The smallest absolute Gasteiger partial charge is 0.0961 e. The van der Waals surface area contributed by atoms with Gasteiger partial charge < -0.3 is 4.98 Å². The Morgan fingerprint density at radius 2 is 2.21 bits per heavy atom. The van der Waals surface area contributed by atoms with Gasteiger partial charge >= 0.3 is 0 Å². The molecular formula is C10H8N4. The zero-order valence-electron chi connectivity index (χ0n) is 7.36. The standard InChI is InChI=1S/C10H8N4/c1-2-8(7-4-13-14-5-7)10-9(3-1)11-6-12-10/h1-6H,(H,11,12)(H,13,14). The number of hydrogen-bond donors (Lipinski definition) is 2. The van der Waals surface area contributed by atoms with Gasteiger partial charge in [0.2, 0.25) is 0 Å². The number of rotatable bonds is 1. The Bertz CT molecular complexity index is 550. The van der Waals surface area contributed by atoms with E-state index in [1.165, 1.54) is 0 Å². The van der Waals surface area contributed by atoms with E-state index in [9.17, 15) is 0 Å². The van der Waals surface area contributed by atoms with Gasteiger partial charge in [-0.05, 0) is 6.07 Å². The number of benzene rings is 1. The summed E-state index contributed by atoms with van der Waals surface area (Å²) in [6.07, 6.45) is 5.36. The van der Waals surface area contributed by atoms with E-state index < -0.39 is 0 Å². The molecule has 0 unspecified atom stereocenters. The van der Waals surface area contributed by atoms with E-state index >= 15 is 0 Å². The van der Waals surface area contributed by atoms with Crippen molar-refractivity contribution in [3.05, 3.63) is 36.9 Å². The molecule has 0 amide bonds.